The highest BCUT2D eigenvalue weighted by atomic mass is 79.9. The summed E-state index contributed by atoms with van der Waals surface area (Å²) in [7, 11) is 1.41. The molecule has 0 aliphatic heterocycles. The normalized spacial score (nSPS) is 11.1. The Balaban J connectivity index is 3.65. The Kier molecular flexibility index (Phi) is 4.36. The first-order valence-corrected chi connectivity index (χ1v) is 7.94. The van der Waals surface area contributed by atoms with Gasteiger partial charge in [0.15, 0.2) is 0 Å². The van der Waals surface area contributed by atoms with E-state index in [4.69, 9.17) is 15.9 Å². The molecule has 0 aliphatic carbocycles. The molecule has 6 heteroatoms. The van der Waals surface area contributed by atoms with E-state index in [9.17, 15) is 8.42 Å². The Bertz CT molecular complexity index is 549. The van der Waals surface area contributed by atoms with Crippen molar-refractivity contribution in [1.29, 1.82) is 5.26 Å². The predicted molar refractivity (Wildman–Crippen MR) is 66.2 cm³/mol. The summed E-state index contributed by atoms with van der Waals surface area (Å²) in [6.45, 7) is 1.87. The molecule has 86 valence electrons. The van der Waals surface area contributed by atoms with Crippen molar-refractivity contribution in [2.24, 2.45) is 0 Å². The topological polar surface area (TPSA) is 57.9 Å². The summed E-state index contributed by atoms with van der Waals surface area (Å²) in [6.07, 6.45) is 0.587. The number of rotatable bonds is 3. The van der Waals surface area contributed by atoms with E-state index in [1.807, 2.05) is 13.0 Å². The molecule has 0 spiro atoms. The van der Waals surface area contributed by atoms with E-state index in [2.05, 4.69) is 15.9 Å². The minimum atomic E-state index is -3.87. The van der Waals surface area contributed by atoms with Crippen LogP contribution < -0.4 is 0 Å². The number of benzene rings is 1. The Morgan fingerprint density at radius 1 is 1.50 bits per heavy atom. The van der Waals surface area contributed by atoms with Gasteiger partial charge in [0.1, 0.15) is 11.0 Å². The maximum absolute atomic E-state index is 11.3. The quantitative estimate of drug-likeness (QED) is 0.635. The molecule has 0 amide bonds. The smallest absolute Gasteiger partial charge is 0.207 e. The number of hydrogen-bond acceptors (Lipinski definition) is 3. The van der Waals surface area contributed by atoms with E-state index in [1.165, 1.54) is 6.07 Å². The molecule has 16 heavy (non-hydrogen) atoms. The molecule has 0 atom stereocenters. The second-order valence-corrected chi connectivity index (χ2v) is 6.21. The zero-order valence-corrected chi connectivity index (χ0v) is 11.7. The van der Waals surface area contributed by atoms with Gasteiger partial charge in [-0.1, -0.05) is 28.9 Å². The fraction of sp³-hybridized carbons (Fsp3) is 0.300. The van der Waals surface area contributed by atoms with Gasteiger partial charge >= 0.3 is 0 Å². The molecule has 0 radical (unpaired) electrons. The summed E-state index contributed by atoms with van der Waals surface area (Å²) in [5.41, 5.74) is 1.78. The van der Waals surface area contributed by atoms with Crippen LogP contribution in [0.2, 0.25) is 0 Å². The molecule has 0 N–H and O–H groups in total. The predicted octanol–water partition coefficient (Wildman–Crippen LogP) is 2.94. The van der Waals surface area contributed by atoms with Crippen LogP contribution in [0.5, 0.6) is 0 Å². The lowest BCUT2D eigenvalue weighted by Gasteiger charge is -2.09. The van der Waals surface area contributed by atoms with E-state index in [1.54, 1.807) is 6.07 Å². The summed E-state index contributed by atoms with van der Waals surface area (Å²) in [5.74, 6) is 0. The minimum absolute atomic E-state index is 0.113. The molecular weight excluding hydrogens is 314 g/mol. The molecule has 1 aromatic carbocycles. The molecular formula is C10H9BrClNO2S. The van der Waals surface area contributed by atoms with Gasteiger partial charge < -0.3 is 0 Å². The number of hydrogen-bond donors (Lipinski definition) is 0. The summed E-state index contributed by atoms with van der Waals surface area (Å²) in [5, 5.41) is 9.60. The van der Waals surface area contributed by atoms with Crippen molar-refractivity contribution in [1.82, 2.24) is 0 Å². The maximum atomic E-state index is 11.3. The molecule has 1 rings (SSSR count). The molecule has 0 saturated carbocycles. The highest BCUT2D eigenvalue weighted by Crippen LogP contribution is 2.27. The van der Waals surface area contributed by atoms with E-state index >= 15 is 0 Å². The Hall–Kier alpha value is -0.570. The number of nitriles is 1. The summed E-state index contributed by atoms with van der Waals surface area (Å²) < 4.78 is 22.6. The third kappa shape index (κ3) is 2.57. The zero-order chi connectivity index (χ0) is 12.3. The van der Waals surface area contributed by atoms with Gasteiger partial charge in [-0.15, -0.1) is 0 Å². The van der Waals surface area contributed by atoms with Gasteiger partial charge in [-0.25, -0.2) is 8.42 Å². The van der Waals surface area contributed by atoms with Crippen LogP contribution in [0, 0.1) is 11.3 Å². The lowest BCUT2D eigenvalue weighted by molar-refractivity contribution is 0.609. The largest absolute Gasteiger partial charge is 0.262 e. The average Bonchev–Trinajstić information content (AvgIpc) is 2.25. The molecule has 1 aromatic rings. The van der Waals surface area contributed by atoms with Crippen LogP contribution in [0.4, 0.5) is 0 Å². The Labute approximate surface area is 108 Å². The van der Waals surface area contributed by atoms with Crippen LogP contribution in [-0.2, 0) is 20.8 Å². The Morgan fingerprint density at radius 2 is 2.12 bits per heavy atom. The van der Waals surface area contributed by atoms with Crippen LogP contribution in [0.1, 0.15) is 23.6 Å². The van der Waals surface area contributed by atoms with Crippen molar-refractivity contribution in [3.8, 4) is 6.07 Å². The lowest BCUT2D eigenvalue weighted by atomic mass is 10.0. The van der Waals surface area contributed by atoms with E-state index in [-0.39, 0.29) is 10.5 Å². The standard InChI is InChI=1S/C10H9BrClNO2S/c1-2-8-7(5-11)3-4-10(9(8)6-13)16(12,14)15/h3-4H,2,5H2,1H3. The number of alkyl halides is 1. The summed E-state index contributed by atoms with van der Waals surface area (Å²) in [6, 6.07) is 4.95. The monoisotopic (exact) mass is 321 g/mol. The second-order valence-electron chi connectivity index (χ2n) is 3.11. The van der Waals surface area contributed by atoms with Crippen LogP contribution in [-0.4, -0.2) is 8.42 Å². The highest BCUT2D eigenvalue weighted by molar-refractivity contribution is 9.08. The number of nitrogens with zero attached hydrogens (tertiary/aromatic N) is 1. The highest BCUT2D eigenvalue weighted by Gasteiger charge is 2.19. The van der Waals surface area contributed by atoms with E-state index < -0.39 is 9.05 Å². The summed E-state index contributed by atoms with van der Waals surface area (Å²) >= 11 is 3.30. The molecule has 3 nitrogen and oxygen atoms in total. The third-order valence-electron chi connectivity index (χ3n) is 2.24. The van der Waals surface area contributed by atoms with E-state index in [0.29, 0.717) is 11.8 Å². The van der Waals surface area contributed by atoms with Gasteiger partial charge in [0.2, 0.25) is 0 Å². The molecule has 0 heterocycles. The fourth-order valence-corrected chi connectivity index (χ4v) is 3.08. The summed E-state index contributed by atoms with van der Waals surface area (Å²) in [4.78, 5) is -0.113. The molecule has 0 aromatic heterocycles. The zero-order valence-electron chi connectivity index (χ0n) is 8.50. The molecule has 0 bridgehead atoms. The van der Waals surface area contributed by atoms with Crippen LogP contribution in [0.15, 0.2) is 17.0 Å². The van der Waals surface area contributed by atoms with Gasteiger partial charge in [0, 0.05) is 16.0 Å². The van der Waals surface area contributed by atoms with E-state index in [0.717, 1.165) is 11.1 Å². The van der Waals surface area contributed by atoms with Crippen LogP contribution in [0.25, 0.3) is 0 Å². The number of halogens is 2. The van der Waals surface area contributed by atoms with Crippen LogP contribution in [0.3, 0.4) is 0 Å². The molecule has 0 unspecified atom stereocenters. The molecule has 0 saturated heterocycles. The first kappa shape index (κ1) is 13.5. The Morgan fingerprint density at radius 3 is 2.50 bits per heavy atom. The SMILES string of the molecule is CCc1c(CBr)ccc(S(=O)(=O)Cl)c1C#N. The van der Waals surface area contributed by atoms with Crippen molar-refractivity contribution in [3.05, 3.63) is 28.8 Å². The van der Waals surface area contributed by atoms with Gasteiger partial charge in [0.25, 0.3) is 9.05 Å². The average molecular weight is 323 g/mol. The second kappa shape index (κ2) is 5.17. The van der Waals surface area contributed by atoms with Gasteiger partial charge in [-0.2, -0.15) is 5.26 Å². The molecule has 0 aliphatic rings. The van der Waals surface area contributed by atoms with Crippen molar-refractivity contribution in [2.75, 3.05) is 0 Å². The van der Waals surface area contributed by atoms with Gasteiger partial charge in [-0.3, -0.25) is 0 Å². The van der Waals surface area contributed by atoms with Gasteiger partial charge in [0.05, 0.1) is 5.56 Å². The van der Waals surface area contributed by atoms with Gasteiger partial charge in [-0.05, 0) is 23.6 Å². The van der Waals surface area contributed by atoms with Crippen molar-refractivity contribution >= 4 is 35.7 Å². The first-order valence-electron chi connectivity index (χ1n) is 4.51. The lowest BCUT2D eigenvalue weighted by Crippen LogP contribution is -2.02. The maximum Gasteiger partial charge on any atom is 0.262 e. The first-order chi connectivity index (χ1) is 7.45. The minimum Gasteiger partial charge on any atom is -0.207 e. The van der Waals surface area contributed by atoms with Crippen molar-refractivity contribution < 1.29 is 8.42 Å². The third-order valence-corrected chi connectivity index (χ3v) is 4.21. The van der Waals surface area contributed by atoms with Crippen molar-refractivity contribution in [2.45, 2.75) is 23.6 Å². The fourth-order valence-electron chi connectivity index (χ4n) is 1.52. The van der Waals surface area contributed by atoms with Crippen molar-refractivity contribution in [3.63, 3.8) is 0 Å². The van der Waals surface area contributed by atoms with Crippen LogP contribution >= 0.6 is 26.6 Å². The molecule has 0 fully saturated rings.